The normalized spacial score (nSPS) is 10.4. The van der Waals surface area contributed by atoms with Crippen molar-refractivity contribution in [2.45, 2.75) is 13.3 Å². The van der Waals surface area contributed by atoms with E-state index in [1.807, 2.05) is 24.3 Å². The van der Waals surface area contributed by atoms with Gasteiger partial charge < -0.3 is 0 Å². The van der Waals surface area contributed by atoms with E-state index in [2.05, 4.69) is 30.6 Å². The Labute approximate surface area is 84.1 Å². The van der Waals surface area contributed by atoms with Crippen LogP contribution in [0.4, 0.5) is 0 Å². The highest BCUT2D eigenvalue weighted by molar-refractivity contribution is 5.80. The number of nitrogens with zero attached hydrogens (tertiary/aromatic N) is 1. The number of hydrogen-bond acceptors (Lipinski definition) is 1. The fourth-order valence-corrected chi connectivity index (χ4v) is 1.63. The molecule has 0 aliphatic carbocycles. The van der Waals surface area contributed by atoms with E-state index in [1.54, 1.807) is 0 Å². The summed E-state index contributed by atoms with van der Waals surface area (Å²) in [7, 11) is 0. The maximum atomic E-state index is 4.55. The summed E-state index contributed by atoms with van der Waals surface area (Å²) >= 11 is 0. The standard InChI is InChI=1S/C13H13N/c1-3-10-9-11-7-5-6-8-13(11)14-12(10)4-2/h4-9H,2-3H2,1H3. The van der Waals surface area contributed by atoms with Gasteiger partial charge in [0.05, 0.1) is 11.2 Å². The molecule has 0 fully saturated rings. The molecule has 0 unspecified atom stereocenters. The van der Waals surface area contributed by atoms with E-state index < -0.39 is 0 Å². The van der Waals surface area contributed by atoms with Gasteiger partial charge in [0.15, 0.2) is 0 Å². The number of para-hydroxylation sites is 1. The Kier molecular flexibility index (Phi) is 2.32. The summed E-state index contributed by atoms with van der Waals surface area (Å²) in [5.41, 5.74) is 3.31. The second kappa shape index (κ2) is 3.62. The van der Waals surface area contributed by atoms with Crippen LogP contribution in [0.1, 0.15) is 18.2 Å². The van der Waals surface area contributed by atoms with Crippen LogP contribution in [0.25, 0.3) is 17.0 Å². The van der Waals surface area contributed by atoms with Crippen LogP contribution in [0.2, 0.25) is 0 Å². The van der Waals surface area contributed by atoms with Gasteiger partial charge in [-0.15, -0.1) is 0 Å². The van der Waals surface area contributed by atoms with Crippen molar-refractivity contribution in [2.75, 3.05) is 0 Å². The van der Waals surface area contributed by atoms with E-state index >= 15 is 0 Å². The maximum Gasteiger partial charge on any atom is 0.0709 e. The first kappa shape index (κ1) is 8.95. The predicted molar refractivity (Wildman–Crippen MR) is 61.2 cm³/mol. The molecule has 1 heteroatoms. The van der Waals surface area contributed by atoms with Crippen molar-refractivity contribution in [1.29, 1.82) is 0 Å². The molecule has 0 bridgehead atoms. The van der Waals surface area contributed by atoms with Crippen molar-refractivity contribution >= 4 is 17.0 Å². The average Bonchev–Trinajstić information content (AvgIpc) is 2.27. The van der Waals surface area contributed by atoms with Gasteiger partial charge in [0.25, 0.3) is 0 Å². The molecule has 0 saturated carbocycles. The van der Waals surface area contributed by atoms with Crippen LogP contribution >= 0.6 is 0 Å². The largest absolute Gasteiger partial charge is 0.248 e. The van der Waals surface area contributed by atoms with E-state index in [0.717, 1.165) is 17.6 Å². The summed E-state index contributed by atoms with van der Waals surface area (Å²) in [6.07, 6.45) is 2.82. The summed E-state index contributed by atoms with van der Waals surface area (Å²) in [4.78, 5) is 4.55. The topological polar surface area (TPSA) is 12.9 Å². The Balaban J connectivity index is 2.75. The molecule has 1 heterocycles. The minimum atomic E-state index is 0.999. The van der Waals surface area contributed by atoms with Gasteiger partial charge in [-0.05, 0) is 30.2 Å². The zero-order valence-electron chi connectivity index (χ0n) is 8.33. The minimum Gasteiger partial charge on any atom is -0.248 e. The van der Waals surface area contributed by atoms with Crippen molar-refractivity contribution in [1.82, 2.24) is 4.98 Å². The number of pyridine rings is 1. The zero-order chi connectivity index (χ0) is 9.97. The third-order valence-corrected chi connectivity index (χ3v) is 2.41. The smallest absolute Gasteiger partial charge is 0.0709 e. The first-order valence-corrected chi connectivity index (χ1v) is 4.86. The number of fused-ring (bicyclic) bond motifs is 1. The van der Waals surface area contributed by atoms with Gasteiger partial charge in [0.1, 0.15) is 0 Å². The van der Waals surface area contributed by atoms with Gasteiger partial charge >= 0.3 is 0 Å². The predicted octanol–water partition coefficient (Wildman–Crippen LogP) is 3.44. The van der Waals surface area contributed by atoms with Crippen LogP contribution in [0.5, 0.6) is 0 Å². The molecule has 1 nitrogen and oxygen atoms in total. The van der Waals surface area contributed by atoms with Crippen molar-refractivity contribution in [3.63, 3.8) is 0 Å². The molecule has 0 aliphatic heterocycles. The first-order chi connectivity index (χ1) is 6.85. The lowest BCUT2D eigenvalue weighted by atomic mass is 10.1. The van der Waals surface area contributed by atoms with Crippen LogP contribution in [0, 0.1) is 0 Å². The third kappa shape index (κ3) is 1.41. The molecule has 0 N–H and O–H groups in total. The highest BCUT2D eigenvalue weighted by Crippen LogP contribution is 2.17. The van der Waals surface area contributed by atoms with Crippen LogP contribution in [0.15, 0.2) is 36.9 Å². The average molecular weight is 183 g/mol. The van der Waals surface area contributed by atoms with Gasteiger partial charge in [-0.25, -0.2) is 4.98 Å². The Hall–Kier alpha value is -1.63. The maximum absolute atomic E-state index is 4.55. The molecule has 1 aromatic carbocycles. The summed E-state index contributed by atoms with van der Waals surface area (Å²) < 4.78 is 0. The highest BCUT2D eigenvalue weighted by Gasteiger charge is 2.01. The summed E-state index contributed by atoms with van der Waals surface area (Å²) in [5, 5.41) is 1.20. The van der Waals surface area contributed by atoms with Crippen LogP contribution in [-0.4, -0.2) is 4.98 Å². The molecule has 2 rings (SSSR count). The number of benzene rings is 1. The molecule has 14 heavy (non-hydrogen) atoms. The van der Waals surface area contributed by atoms with E-state index in [4.69, 9.17) is 0 Å². The Bertz CT molecular complexity index is 472. The number of aromatic nitrogens is 1. The van der Waals surface area contributed by atoms with Crippen LogP contribution in [-0.2, 0) is 6.42 Å². The fraction of sp³-hybridized carbons (Fsp3) is 0.154. The molecule has 70 valence electrons. The van der Waals surface area contributed by atoms with E-state index in [0.29, 0.717) is 0 Å². The molecule has 0 saturated heterocycles. The Morgan fingerprint density at radius 1 is 1.36 bits per heavy atom. The van der Waals surface area contributed by atoms with E-state index in [1.165, 1.54) is 10.9 Å². The second-order valence-electron chi connectivity index (χ2n) is 3.28. The molecule has 0 radical (unpaired) electrons. The summed E-state index contributed by atoms with van der Waals surface area (Å²) in [6.45, 7) is 5.92. The van der Waals surface area contributed by atoms with Crippen molar-refractivity contribution in [2.24, 2.45) is 0 Å². The minimum absolute atomic E-state index is 0.999. The fourth-order valence-electron chi connectivity index (χ4n) is 1.63. The molecular formula is C13H13N. The van der Waals surface area contributed by atoms with Gasteiger partial charge in [-0.3, -0.25) is 0 Å². The first-order valence-electron chi connectivity index (χ1n) is 4.86. The molecule has 0 aliphatic rings. The molecule has 0 spiro atoms. The quantitative estimate of drug-likeness (QED) is 0.695. The lowest BCUT2D eigenvalue weighted by molar-refractivity contribution is 1.11. The zero-order valence-corrected chi connectivity index (χ0v) is 8.33. The number of hydrogen-bond donors (Lipinski definition) is 0. The summed E-state index contributed by atoms with van der Waals surface area (Å²) in [5.74, 6) is 0. The van der Waals surface area contributed by atoms with E-state index in [9.17, 15) is 0 Å². The van der Waals surface area contributed by atoms with Gasteiger partial charge in [-0.1, -0.05) is 31.7 Å². The molecular weight excluding hydrogens is 170 g/mol. The number of aryl methyl sites for hydroxylation is 1. The number of rotatable bonds is 2. The monoisotopic (exact) mass is 183 g/mol. The molecule has 0 amide bonds. The van der Waals surface area contributed by atoms with Gasteiger partial charge in [0, 0.05) is 5.39 Å². The van der Waals surface area contributed by atoms with Crippen molar-refractivity contribution in [3.8, 4) is 0 Å². The van der Waals surface area contributed by atoms with Gasteiger partial charge in [0.2, 0.25) is 0 Å². The lowest BCUT2D eigenvalue weighted by Gasteiger charge is -2.04. The Morgan fingerprint density at radius 3 is 2.86 bits per heavy atom. The van der Waals surface area contributed by atoms with Crippen LogP contribution in [0.3, 0.4) is 0 Å². The van der Waals surface area contributed by atoms with Crippen molar-refractivity contribution < 1.29 is 0 Å². The SMILES string of the molecule is C=Cc1nc2ccccc2cc1CC. The molecule has 0 atom stereocenters. The highest BCUT2D eigenvalue weighted by atomic mass is 14.7. The van der Waals surface area contributed by atoms with E-state index in [-0.39, 0.29) is 0 Å². The van der Waals surface area contributed by atoms with Crippen molar-refractivity contribution in [3.05, 3.63) is 48.2 Å². The third-order valence-electron chi connectivity index (χ3n) is 2.41. The Morgan fingerprint density at radius 2 is 2.14 bits per heavy atom. The van der Waals surface area contributed by atoms with Crippen LogP contribution < -0.4 is 0 Å². The molecule has 1 aromatic heterocycles. The van der Waals surface area contributed by atoms with Gasteiger partial charge in [-0.2, -0.15) is 0 Å². The summed E-state index contributed by atoms with van der Waals surface area (Å²) in [6, 6.07) is 10.4. The molecule has 2 aromatic rings. The lowest BCUT2D eigenvalue weighted by Crippen LogP contribution is -1.91. The second-order valence-corrected chi connectivity index (χ2v) is 3.28.